The molecular formula is C58H79N3O7. The van der Waals surface area contributed by atoms with Crippen molar-refractivity contribution in [3.63, 3.8) is 0 Å². The summed E-state index contributed by atoms with van der Waals surface area (Å²) in [6, 6.07) is 11.6. The Hall–Kier alpha value is -4.41. The van der Waals surface area contributed by atoms with Gasteiger partial charge in [0.1, 0.15) is 29.5 Å². The summed E-state index contributed by atoms with van der Waals surface area (Å²) >= 11 is 0. The standard InChI is InChI=1S/C58H79N3O7/c1-5-35-24-37-13-12-36(35)25-41(62)32-57(17-6-7-18-57)33-61-56(59)60-22-16-45-49(11-10-21-58(45)19-8-9-20-58)67-51-29-38(14-15-46(51)63)55-48(65)30-44-50(68-55)31-52(66-4)54-43-27-40(23-34(2)3)47(64)28-39(43)26-42(37)53(44)54/h12-15,27-29,31,34-37,41-42,45,48-49,55,62-65H,5-11,16-26,30,32-33H2,1-4H3,(H3,59,60,61)/t35-,36+,37+,41-,42-,45-,48-,49+,55+/m1/s1. The maximum atomic E-state index is 12.3. The number of fused-ring (bicyclic) bond motifs is 2. The van der Waals surface area contributed by atoms with E-state index in [-0.39, 0.29) is 46.4 Å². The van der Waals surface area contributed by atoms with Gasteiger partial charge in [0.25, 0.3) is 0 Å². The molecule has 0 saturated heterocycles. The van der Waals surface area contributed by atoms with E-state index < -0.39 is 18.3 Å². The maximum absolute atomic E-state index is 12.3. The van der Waals surface area contributed by atoms with Gasteiger partial charge in [0.15, 0.2) is 17.5 Å². The number of allylic oxidation sites excluding steroid dienone is 2. The van der Waals surface area contributed by atoms with E-state index in [9.17, 15) is 20.4 Å². The van der Waals surface area contributed by atoms with Gasteiger partial charge in [-0.3, -0.25) is 4.99 Å². The molecule has 5 aliphatic heterocycles. The van der Waals surface area contributed by atoms with Gasteiger partial charge in [0, 0.05) is 42.6 Å². The predicted octanol–water partition coefficient (Wildman–Crippen LogP) is 11.0. The number of aliphatic imine (C=N–C) groups is 1. The van der Waals surface area contributed by atoms with Crippen molar-refractivity contribution in [1.82, 2.24) is 5.32 Å². The first-order valence-electron chi connectivity index (χ1n) is 26.7. The molecule has 3 fully saturated rings. The number of guanidine groups is 1. The zero-order valence-corrected chi connectivity index (χ0v) is 41.3. The molecule has 3 aromatic carbocycles. The first-order chi connectivity index (χ1) is 32.9. The number of nitrogens with one attached hydrogen (secondary N) is 1. The Labute approximate surface area is 405 Å². The molecule has 10 aliphatic rings. The van der Waals surface area contributed by atoms with E-state index >= 15 is 0 Å². The summed E-state index contributed by atoms with van der Waals surface area (Å²) in [7, 11) is 1.73. The number of nitrogens with two attached hydrogens (primary N) is 1. The fourth-order valence-corrected chi connectivity index (χ4v) is 15.0. The molecule has 7 N–H and O–H groups in total. The van der Waals surface area contributed by atoms with Gasteiger partial charge in [0.2, 0.25) is 0 Å². The molecule has 368 valence electrons. The number of nitrogens with zero attached hydrogens (tertiary/aromatic N) is 1. The number of rotatable bonds is 4. The maximum Gasteiger partial charge on any atom is 0.188 e. The van der Waals surface area contributed by atoms with Crippen LogP contribution >= 0.6 is 0 Å². The summed E-state index contributed by atoms with van der Waals surface area (Å²) in [6.07, 6.45) is 21.4. The molecule has 3 saturated carbocycles. The summed E-state index contributed by atoms with van der Waals surface area (Å²) in [4.78, 5) is 5.00. The lowest BCUT2D eigenvalue weighted by Gasteiger charge is -2.46. The topological polar surface area (TPSA) is 159 Å². The second-order valence-electron chi connectivity index (χ2n) is 23.0. The quantitative estimate of drug-likeness (QED) is 0.140. The molecule has 0 unspecified atom stereocenters. The van der Waals surface area contributed by atoms with Crippen LogP contribution in [0.4, 0.5) is 0 Å². The molecule has 68 heavy (non-hydrogen) atoms. The minimum atomic E-state index is -0.865. The van der Waals surface area contributed by atoms with E-state index in [1.807, 2.05) is 24.3 Å². The zero-order valence-electron chi connectivity index (χ0n) is 41.3. The molecule has 9 atom stereocenters. The molecule has 5 aliphatic carbocycles. The summed E-state index contributed by atoms with van der Waals surface area (Å²) in [5.41, 5.74) is 13.9. The number of benzene rings is 3. The van der Waals surface area contributed by atoms with Crippen molar-refractivity contribution in [3.8, 4) is 39.9 Å². The van der Waals surface area contributed by atoms with E-state index in [4.69, 9.17) is 24.9 Å². The van der Waals surface area contributed by atoms with Gasteiger partial charge in [-0.2, -0.15) is 0 Å². The van der Waals surface area contributed by atoms with E-state index in [2.05, 4.69) is 44.3 Å². The average Bonchev–Trinajstić information content (AvgIpc) is 3.99. The van der Waals surface area contributed by atoms with E-state index in [1.54, 1.807) is 13.2 Å². The number of phenols is 2. The number of aliphatic hydroxyl groups excluding tert-OH is 2. The highest BCUT2D eigenvalue weighted by molar-refractivity contribution is 5.84. The van der Waals surface area contributed by atoms with Crippen LogP contribution in [0.2, 0.25) is 0 Å². The second kappa shape index (κ2) is 19.4. The lowest BCUT2D eigenvalue weighted by atomic mass is 9.62. The summed E-state index contributed by atoms with van der Waals surface area (Å²) in [6.45, 7) is 7.97. The number of aromatic hydroxyl groups is 2. The van der Waals surface area contributed by atoms with Crippen LogP contribution in [0.15, 0.2) is 53.5 Å². The Morgan fingerprint density at radius 2 is 1.63 bits per heavy atom. The number of aliphatic hydroxyl groups is 2. The number of hydrogen-bond donors (Lipinski definition) is 6. The second-order valence-corrected chi connectivity index (χ2v) is 23.0. The monoisotopic (exact) mass is 930 g/mol. The largest absolute Gasteiger partial charge is 0.508 e. The number of hydrogen-bond acceptors (Lipinski definition) is 10. The molecule has 0 amide bonds. The lowest BCUT2D eigenvalue weighted by molar-refractivity contribution is -0.0154. The molecule has 10 nitrogen and oxygen atoms in total. The van der Waals surface area contributed by atoms with Gasteiger partial charge in [-0.25, -0.2) is 0 Å². The van der Waals surface area contributed by atoms with Crippen molar-refractivity contribution in [2.24, 2.45) is 51.1 Å². The van der Waals surface area contributed by atoms with Gasteiger partial charge in [0.05, 0.1) is 19.3 Å². The van der Waals surface area contributed by atoms with Crippen LogP contribution in [-0.4, -0.2) is 64.9 Å². The average molecular weight is 930 g/mol. The van der Waals surface area contributed by atoms with Crippen LogP contribution in [-0.2, 0) is 19.3 Å². The highest BCUT2D eigenvalue weighted by Crippen LogP contribution is 2.58. The number of methoxy groups -OCH3 is 1. The van der Waals surface area contributed by atoms with Gasteiger partial charge in [-0.1, -0.05) is 71.1 Å². The lowest BCUT2D eigenvalue weighted by Crippen LogP contribution is -2.45. The third-order valence-electron chi connectivity index (χ3n) is 18.3. The van der Waals surface area contributed by atoms with Crippen LogP contribution in [0.25, 0.3) is 11.1 Å². The minimum Gasteiger partial charge on any atom is -0.508 e. The van der Waals surface area contributed by atoms with Gasteiger partial charge in [-0.05, 0) is 176 Å². The predicted molar refractivity (Wildman–Crippen MR) is 269 cm³/mol. The fourth-order valence-electron chi connectivity index (χ4n) is 15.0. The van der Waals surface area contributed by atoms with Crippen LogP contribution in [0, 0.1) is 40.4 Å². The summed E-state index contributed by atoms with van der Waals surface area (Å²) in [5, 5.41) is 50.7. The van der Waals surface area contributed by atoms with Crippen LogP contribution in [0.5, 0.6) is 28.7 Å². The van der Waals surface area contributed by atoms with E-state index in [0.29, 0.717) is 54.6 Å². The fraction of sp³-hybridized carbons (Fsp3) is 0.638. The van der Waals surface area contributed by atoms with Gasteiger partial charge < -0.3 is 45.7 Å². The van der Waals surface area contributed by atoms with Crippen LogP contribution < -0.4 is 25.3 Å². The van der Waals surface area contributed by atoms with Crippen molar-refractivity contribution in [3.05, 3.63) is 76.4 Å². The Morgan fingerprint density at radius 3 is 2.40 bits per heavy atom. The number of phenolic OH excluding ortho intramolecular Hbond substituents is 2. The van der Waals surface area contributed by atoms with Crippen molar-refractivity contribution < 1.29 is 34.6 Å². The Morgan fingerprint density at radius 1 is 0.868 bits per heavy atom. The van der Waals surface area contributed by atoms with Crippen molar-refractivity contribution in [2.75, 3.05) is 20.2 Å². The molecule has 5 heterocycles. The Balaban J connectivity index is 1.07. The number of ether oxygens (including phenoxy) is 3. The van der Waals surface area contributed by atoms with Crippen LogP contribution in [0.1, 0.15) is 163 Å². The Bertz CT molecular complexity index is 2360. The van der Waals surface area contributed by atoms with Gasteiger partial charge >= 0.3 is 0 Å². The van der Waals surface area contributed by atoms with Gasteiger partial charge in [-0.15, -0.1) is 0 Å². The third kappa shape index (κ3) is 9.10. The van der Waals surface area contributed by atoms with Crippen molar-refractivity contribution in [2.45, 2.75) is 173 Å². The first-order valence-corrected chi connectivity index (χ1v) is 26.7. The normalized spacial score (nSPS) is 30.9. The summed E-state index contributed by atoms with van der Waals surface area (Å²) < 4.78 is 20.3. The van der Waals surface area contributed by atoms with E-state index in [1.165, 1.54) is 37.7 Å². The molecule has 2 spiro atoms. The third-order valence-corrected chi connectivity index (χ3v) is 18.3. The molecule has 13 rings (SSSR count). The Kier molecular flexibility index (Phi) is 13.5. The smallest absolute Gasteiger partial charge is 0.188 e. The highest BCUT2D eigenvalue weighted by atomic mass is 16.5. The first kappa shape index (κ1) is 47.3. The zero-order chi connectivity index (χ0) is 47.3. The molecule has 10 heteroatoms. The highest BCUT2D eigenvalue weighted by Gasteiger charge is 2.48. The molecule has 8 bridgehead atoms. The van der Waals surface area contributed by atoms with E-state index in [0.717, 1.165) is 123 Å². The molecule has 0 radical (unpaired) electrons. The van der Waals surface area contributed by atoms with Crippen LogP contribution in [0.3, 0.4) is 0 Å². The SMILES string of the molecule is CC[C@@H]1C[C@@H]2C=C[C@H]1C[C@@H](O)CC1(CCCC1)CN=C(N)NCC[C@@H]1[C@H](CCCC13CCCC3)Oc1cc(ccc1O)[C@@H]1Oc3cc(OC)c4c(c3C[C@H]1O)[C@@H]2Cc1cc(O)c(CC(C)C)cc1-4. The van der Waals surface area contributed by atoms with Crippen molar-refractivity contribution >= 4 is 5.96 Å². The molecule has 3 aromatic rings. The summed E-state index contributed by atoms with van der Waals surface area (Å²) in [5.74, 6) is 4.28. The minimum absolute atomic E-state index is 0.0396. The molecular weight excluding hydrogens is 851 g/mol. The molecule has 0 aromatic heterocycles. The van der Waals surface area contributed by atoms with Crippen molar-refractivity contribution in [1.29, 1.82) is 0 Å².